The molecular formula is C17H20N2O4. The lowest BCUT2D eigenvalue weighted by Gasteiger charge is -2.09. The van der Waals surface area contributed by atoms with Crippen molar-refractivity contribution in [2.45, 2.75) is 13.3 Å². The van der Waals surface area contributed by atoms with Crippen molar-refractivity contribution in [3.05, 3.63) is 41.6 Å². The molecule has 1 aromatic carbocycles. The average molecular weight is 316 g/mol. The minimum absolute atomic E-state index is 0.304. The zero-order valence-corrected chi connectivity index (χ0v) is 13.3. The molecule has 0 unspecified atom stereocenters. The second-order valence-electron chi connectivity index (χ2n) is 5.10. The van der Waals surface area contributed by atoms with Gasteiger partial charge in [-0.3, -0.25) is 9.78 Å². The van der Waals surface area contributed by atoms with Crippen LogP contribution in [0.3, 0.4) is 0 Å². The molecule has 1 amide bonds. The van der Waals surface area contributed by atoms with E-state index in [1.165, 1.54) is 0 Å². The molecule has 0 atom stereocenters. The molecule has 2 rings (SSSR count). The third-order valence-electron chi connectivity index (χ3n) is 3.25. The smallest absolute Gasteiger partial charge is 0.339 e. The molecule has 0 aliphatic heterocycles. The Morgan fingerprint density at radius 2 is 2.04 bits per heavy atom. The highest BCUT2D eigenvalue weighted by Crippen LogP contribution is 2.18. The number of pyridine rings is 1. The quantitative estimate of drug-likeness (QED) is 0.623. The molecule has 23 heavy (non-hydrogen) atoms. The Labute approximate surface area is 134 Å². The normalized spacial score (nSPS) is 10.5. The first kappa shape index (κ1) is 16.9. The number of fused-ring (bicyclic) bond motifs is 1. The first-order valence-electron chi connectivity index (χ1n) is 7.41. The van der Waals surface area contributed by atoms with Crippen LogP contribution in [0.15, 0.2) is 30.3 Å². The van der Waals surface area contributed by atoms with E-state index in [9.17, 15) is 9.59 Å². The summed E-state index contributed by atoms with van der Waals surface area (Å²) < 4.78 is 9.99. The number of hydrogen-bond acceptors (Lipinski definition) is 5. The summed E-state index contributed by atoms with van der Waals surface area (Å²) in [6, 6.07) is 9.00. The first-order chi connectivity index (χ1) is 11.1. The number of aryl methyl sites for hydroxylation is 1. The fourth-order valence-electron chi connectivity index (χ4n) is 2.18. The molecule has 0 saturated carbocycles. The number of para-hydroxylation sites is 1. The zero-order chi connectivity index (χ0) is 16.7. The second-order valence-corrected chi connectivity index (χ2v) is 5.10. The molecule has 0 aliphatic carbocycles. The highest BCUT2D eigenvalue weighted by atomic mass is 16.5. The molecule has 6 heteroatoms. The maximum atomic E-state index is 12.2. The average Bonchev–Trinajstić information content (AvgIpc) is 2.55. The molecule has 1 heterocycles. The van der Waals surface area contributed by atoms with Crippen LogP contribution in [0.4, 0.5) is 0 Å². The summed E-state index contributed by atoms with van der Waals surface area (Å²) >= 11 is 0. The molecule has 0 aliphatic rings. The van der Waals surface area contributed by atoms with E-state index in [1.54, 1.807) is 13.2 Å². The molecule has 0 bridgehead atoms. The van der Waals surface area contributed by atoms with Gasteiger partial charge in [-0.25, -0.2) is 4.79 Å². The summed E-state index contributed by atoms with van der Waals surface area (Å²) in [5.74, 6) is -0.858. The molecule has 6 nitrogen and oxygen atoms in total. The summed E-state index contributed by atoms with van der Waals surface area (Å²) in [4.78, 5) is 28.2. The summed E-state index contributed by atoms with van der Waals surface area (Å²) in [6.07, 6.45) is 0.713. The number of esters is 1. The van der Waals surface area contributed by atoms with Crippen molar-refractivity contribution in [2.24, 2.45) is 0 Å². The number of carbonyl (C=O) groups excluding carboxylic acids is 2. The molecule has 2 aromatic rings. The van der Waals surface area contributed by atoms with Crippen LogP contribution >= 0.6 is 0 Å². The Balaban J connectivity index is 1.97. The minimum Gasteiger partial charge on any atom is -0.452 e. The van der Waals surface area contributed by atoms with Crippen molar-refractivity contribution in [2.75, 3.05) is 26.9 Å². The number of aromatic nitrogens is 1. The molecule has 0 radical (unpaired) electrons. The Kier molecular flexibility index (Phi) is 6.05. The molecule has 1 aromatic heterocycles. The van der Waals surface area contributed by atoms with Gasteiger partial charge < -0.3 is 14.8 Å². The van der Waals surface area contributed by atoms with Crippen molar-refractivity contribution in [1.29, 1.82) is 0 Å². The number of rotatable bonds is 7. The second kappa shape index (κ2) is 8.24. The van der Waals surface area contributed by atoms with Gasteiger partial charge in [0.2, 0.25) is 0 Å². The van der Waals surface area contributed by atoms with Crippen molar-refractivity contribution < 1.29 is 19.1 Å². The van der Waals surface area contributed by atoms with Gasteiger partial charge in [0.1, 0.15) is 0 Å². The van der Waals surface area contributed by atoms with Gasteiger partial charge in [-0.1, -0.05) is 18.2 Å². The zero-order valence-electron chi connectivity index (χ0n) is 13.3. The summed E-state index contributed by atoms with van der Waals surface area (Å²) in [5, 5.41) is 3.38. The van der Waals surface area contributed by atoms with Crippen LogP contribution in [0.1, 0.15) is 22.5 Å². The van der Waals surface area contributed by atoms with Crippen LogP contribution in [-0.4, -0.2) is 43.7 Å². The number of hydrogen-bond donors (Lipinski definition) is 1. The van der Waals surface area contributed by atoms with Gasteiger partial charge in [-0.15, -0.1) is 0 Å². The van der Waals surface area contributed by atoms with E-state index in [0.717, 1.165) is 11.2 Å². The number of benzene rings is 1. The van der Waals surface area contributed by atoms with Crippen molar-refractivity contribution in [1.82, 2.24) is 10.3 Å². The van der Waals surface area contributed by atoms with Gasteiger partial charge in [-0.05, 0) is 25.5 Å². The first-order valence-corrected chi connectivity index (χ1v) is 7.41. The summed E-state index contributed by atoms with van der Waals surface area (Å²) in [7, 11) is 1.60. The van der Waals surface area contributed by atoms with Crippen LogP contribution < -0.4 is 5.32 Å². The Morgan fingerprint density at radius 3 is 2.83 bits per heavy atom. The Bertz CT molecular complexity index is 700. The predicted octanol–water partition coefficient (Wildman–Crippen LogP) is 1.85. The van der Waals surface area contributed by atoms with Crippen LogP contribution in [0.2, 0.25) is 0 Å². The number of carbonyl (C=O) groups is 2. The monoisotopic (exact) mass is 316 g/mol. The van der Waals surface area contributed by atoms with Crippen molar-refractivity contribution in [3.63, 3.8) is 0 Å². The van der Waals surface area contributed by atoms with Crippen LogP contribution in [0.5, 0.6) is 0 Å². The van der Waals surface area contributed by atoms with Crippen molar-refractivity contribution >= 4 is 22.8 Å². The van der Waals surface area contributed by atoms with Gasteiger partial charge in [0.05, 0.1) is 11.1 Å². The third kappa shape index (κ3) is 4.75. The number of amides is 1. The summed E-state index contributed by atoms with van der Waals surface area (Å²) in [6.45, 7) is 2.57. The van der Waals surface area contributed by atoms with Crippen molar-refractivity contribution in [3.8, 4) is 0 Å². The van der Waals surface area contributed by atoms with E-state index in [2.05, 4.69) is 10.3 Å². The lowest BCUT2D eigenvalue weighted by molar-refractivity contribution is -0.124. The maximum absolute atomic E-state index is 12.2. The van der Waals surface area contributed by atoms with Gasteiger partial charge in [0, 0.05) is 31.3 Å². The molecular weight excluding hydrogens is 296 g/mol. The highest BCUT2D eigenvalue weighted by molar-refractivity contribution is 6.04. The fourth-order valence-corrected chi connectivity index (χ4v) is 2.18. The van der Waals surface area contributed by atoms with Gasteiger partial charge >= 0.3 is 5.97 Å². The maximum Gasteiger partial charge on any atom is 0.339 e. The van der Waals surface area contributed by atoms with E-state index in [4.69, 9.17) is 9.47 Å². The van der Waals surface area contributed by atoms with Crippen LogP contribution in [0.25, 0.3) is 10.9 Å². The van der Waals surface area contributed by atoms with Crippen LogP contribution in [-0.2, 0) is 14.3 Å². The van der Waals surface area contributed by atoms with E-state index in [0.29, 0.717) is 30.5 Å². The summed E-state index contributed by atoms with van der Waals surface area (Å²) in [5.41, 5.74) is 1.86. The molecule has 0 saturated heterocycles. The molecule has 0 spiro atoms. The van der Waals surface area contributed by atoms with E-state index in [-0.39, 0.29) is 12.5 Å². The number of ether oxygens (including phenoxy) is 2. The molecule has 1 N–H and O–H groups in total. The van der Waals surface area contributed by atoms with Gasteiger partial charge in [0.15, 0.2) is 6.61 Å². The fraction of sp³-hybridized carbons (Fsp3) is 0.353. The third-order valence-corrected chi connectivity index (χ3v) is 3.25. The van der Waals surface area contributed by atoms with E-state index in [1.807, 2.05) is 31.2 Å². The largest absolute Gasteiger partial charge is 0.452 e. The van der Waals surface area contributed by atoms with Gasteiger partial charge in [0.25, 0.3) is 5.91 Å². The lowest BCUT2D eigenvalue weighted by Crippen LogP contribution is -2.30. The molecule has 0 fully saturated rings. The minimum atomic E-state index is -0.529. The van der Waals surface area contributed by atoms with E-state index < -0.39 is 5.97 Å². The Hall–Kier alpha value is -2.47. The number of methoxy groups -OCH3 is 1. The lowest BCUT2D eigenvalue weighted by atomic mass is 10.1. The Morgan fingerprint density at radius 1 is 1.26 bits per heavy atom. The number of nitrogens with one attached hydrogen (secondary N) is 1. The SMILES string of the molecule is COCCCNC(=O)COC(=O)c1cc(C)nc2ccccc12. The molecule has 122 valence electrons. The van der Waals surface area contributed by atoms with E-state index >= 15 is 0 Å². The standard InChI is InChI=1S/C17H20N2O4/c1-12-10-14(13-6-3-4-7-15(13)19-12)17(21)23-11-16(20)18-8-5-9-22-2/h3-4,6-7,10H,5,8-9,11H2,1-2H3,(H,18,20). The predicted molar refractivity (Wildman–Crippen MR) is 86.3 cm³/mol. The highest BCUT2D eigenvalue weighted by Gasteiger charge is 2.14. The number of nitrogens with zero attached hydrogens (tertiary/aromatic N) is 1. The topological polar surface area (TPSA) is 77.5 Å². The van der Waals surface area contributed by atoms with Gasteiger partial charge in [-0.2, -0.15) is 0 Å². The van der Waals surface area contributed by atoms with Crippen LogP contribution in [0, 0.1) is 6.92 Å².